The molecule has 0 aliphatic rings. The monoisotopic (exact) mass is 242 g/mol. The second-order valence-corrected chi connectivity index (χ2v) is 4.93. The van der Waals surface area contributed by atoms with Gasteiger partial charge in [0.05, 0.1) is 11.0 Å². The number of anilines is 1. The highest BCUT2D eigenvalue weighted by atomic mass is 35.5. The lowest BCUT2D eigenvalue weighted by Gasteiger charge is -2.19. The number of nitriles is 1. The molecule has 0 atom stereocenters. The molecule has 1 aromatic rings. The molecule has 1 heterocycles. The lowest BCUT2D eigenvalue weighted by atomic mass is 9.95. The largest absolute Gasteiger partial charge is 0.316 e. The highest BCUT2D eigenvalue weighted by Crippen LogP contribution is 2.26. The third kappa shape index (κ3) is 2.71. The zero-order chi connectivity index (χ0) is 11.5. The van der Waals surface area contributed by atoms with Crippen LogP contribution in [-0.4, -0.2) is 11.8 Å². The summed E-state index contributed by atoms with van der Waals surface area (Å²) in [4.78, 5) is 11.7. The van der Waals surface area contributed by atoms with Gasteiger partial charge in [-0.15, -0.1) is 22.9 Å². The number of rotatable bonds is 3. The number of carbonyl (C=O) groups is 1. The van der Waals surface area contributed by atoms with Gasteiger partial charge >= 0.3 is 0 Å². The molecule has 3 nitrogen and oxygen atoms in total. The van der Waals surface area contributed by atoms with Crippen LogP contribution >= 0.6 is 22.9 Å². The first kappa shape index (κ1) is 12.0. The number of hydrogen-bond donors (Lipinski definition) is 1. The fourth-order valence-corrected chi connectivity index (χ4v) is 1.68. The smallest absolute Gasteiger partial charge is 0.231 e. The van der Waals surface area contributed by atoms with E-state index in [1.54, 1.807) is 25.3 Å². The first-order valence-electron chi connectivity index (χ1n) is 4.36. The van der Waals surface area contributed by atoms with Gasteiger partial charge in [0.2, 0.25) is 5.91 Å². The standard InChI is InChI=1S/C10H11ClN2OS/c1-10(2,6-11)9(14)13-8-7(5-12)3-4-15-8/h3-4H,6H2,1-2H3,(H,13,14). The van der Waals surface area contributed by atoms with Crippen molar-refractivity contribution in [2.75, 3.05) is 11.2 Å². The fourth-order valence-electron chi connectivity index (χ4n) is 0.827. The maximum Gasteiger partial charge on any atom is 0.231 e. The summed E-state index contributed by atoms with van der Waals surface area (Å²) in [6, 6.07) is 3.69. The molecular weight excluding hydrogens is 232 g/mol. The topological polar surface area (TPSA) is 52.9 Å². The highest BCUT2D eigenvalue weighted by Gasteiger charge is 2.27. The van der Waals surface area contributed by atoms with Gasteiger partial charge in [0.1, 0.15) is 11.1 Å². The van der Waals surface area contributed by atoms with Gasteiger partial charge in [0, 0.05) is 5.88 Å². The predicted molar refractivity (Wildman–Crippen MR) is 62.2 cm³/mol. The number of nitrogens with one attached hydrogen (secondary N) is 1. The summed E-state index contributed by atoms with van der Waals surface area (Å²) in [6.45, 7) is 3.52. The van der Waals surface area contributed by atoms with E-state index in [4.69, 9.17) is 16.9 Å². The van der Waals surface area contributed by atoms with E-state index in [1.165, 1.54) is 11.3 Å². The summed E-state index contributed by atoms with van der Waals surface area (Å²) in [5.41, 5.74) is -0.142. The Labute approximate surface area is 97.7 Å². The second kappa shape index (κ2) is 4.65. The molecule has 0 saturated carbocycles. The van der Waals surface area contributed by atoms with Crippen LogP contribution in [-0.2, 0) is 4.79 Å². The molecule has 0 radical (unpaired) electrons. The summed E-state index contributed by atoms with van der Waals surface area (Å²) < 4.78 is 0. The van der Waals surface area contributed by atoms with E-state index >= 15 is 0 Å². The molecule has 0 fully saturated rings. The number of hydrogen-bond acceptors (Lipinski definition) is 3. The van der Waals surface area contributed by atoms with Crippen molar-refractivity contribution in [2.24, 2.45) is 5.41 Å². The molecule has 1 amide bonds. The minimum Gasteiger partial charge on any atom is -0.316 e. The average Bonchev–Trinajstić information content (AvgIpc) is 2.65. The molecular formula is C10H11ClN2OS. The Morgan fingerprint density at radius 3 is 2.93 bits per heavy atom. The van der Waals surface area contributed by atoms with Gasteiger partial charge in [-0.25, -0.2) is 0 Å². The van der Waals surface area contributed by atoms with Crippen LogP contribution < -0.4 is 5.32 Å². The number of halogens is 1. The van der Waals surface area contributed by atoms with E-state index in [0.29, 0.717) is 10.6 Å². The summed E-state index contributed by atoms with van der Waals surface area (Å²) in [7, 11) is 0. The molecule has 15 heavy (non-hydrogen) atoms. The Kier molecular flexibility index (Phi) is 3.72. The maximum absolute atomic E-state index is 11.7. The van der Waals surface area contributed by atoms with E-state index in [0.717, 1.165) is 0 Å². The van der Waals surface area contributed by atoms with Crippen LogP contribution in [0, 0.1) is 16.7 Å². The van der Waals surface area contributed by atoms with Crippen LogP contribution in [0.3, 0.4) is 0 Å². The fraction of sp³-hybridized carbons (Fsp3) is 0.400. The third-order valence-electron chi connectivity index (χ3n) is 1.96. The second-order valence-electron chi connectivity index (χ2n) is 3.75. The van der Waals surface area contributed by atoms with Gasteiger partial charge in [-0.3, -0.25) is 4.79 Å². The molecule has 0 aliphatic heterocycles. The Hall–Kier alpha value is -1.05. The average molecular weight is 243 g/mol. The van der Waals surface area contributed by atoms with Crippen molar-refractivity contribution in [3.8, 4) is 6.07 Å². The van der Waals surface area contributed by atoms with Gasteiger partial charge in [-0.1, -0.05) is 0 Å². The minimum atomic E-state index is -0.627. The quantitative estimate of drug-likeness (QED) is 0.829. The number of thiophene rings is 1. The van der Waals surface area contributed by atoms with Crippen molar-refractivity contribution >= 4 is 33.8 Å². The van der Waals surface area contributed by atoms with Crippen molar-refractivity contribution in [1.82, 2.24) is 0 Å². The molecule has 0 aromatic carbocycles. The maximum atomic E-state index is 11.7. The van der Waals surface area contributed by atoms with Crippen molar-refractivity contribution in [3.63, 3.8) is 0 Å². The Balaban J connectivity index is 2.80. The van der Waals surface area contributed by atoms with Gasteiger partial charge < -0.3 is 5.32 Å². The number of alkyl halides is 1. The van der Waals surface area contributed by atoms with Crippen LogP contribution in [0.1, 0.15) is 19.4 Å². The van der Waals surface area contributed by atoms with E-state index in [9.17, 15) is 4.79 Å². The van der Waals surface area contributed by atoms with E-state index in [2.05, 4.69) is 5.32 Å². The summed E-state index contributed by atoms with van der Waals surface area (Å²) in [5, 5.41) is 13.8. The molecule has 0 unspecified atom stereocenters. The molecule has 5 heteroatoms. The van der Waals surface area contributed by atoms with Crippen molar-refractivity contribution in [2.45, 2.75) is 13.8 Å². The van der Waals surface area contributed by atoms with Gasteiger partial charge in [-0.05, 0) is 25.3 Å². The lowest BCUT2D eigenvalue weighted by Crippen LogP contribution is -2.32. The van der Waals surface area contributed by atoms with E-state index in [1.807, 2.05) is 6.07 Å². The Morgan fingerprint density at radius 2 is 2.40 bits per heavy atom. The normalized spacial score (nSPS) is 10.8. The molecule has 0 aliphatic carbocycles. The van der Waals surface area contributed by atoms with Crippen LogP contribution in [0.2, 0.25) is 0 Å². The van der Waals surface area contributed by atoms with Crippen molar-refractivity contribution in [1.29, 1.82) is 5.26 Å². The van der Waals surface area contributed by atoms with Crippen LogP contribution in [0.15, 0.2) is 11.4 Å². The molecule has 80 valence electrons. The van der Waals surface area contributed by atoms with Crippen molar-refractivity contribution < 1.29 is 4.79 Å². The predicted octanol–water partition coefficient (Wildman–Crippen LogP) is 2.82. The van der Waals surface area contributed by atoms with Gasteiger partial charge in [0.15, 0.2) is 0 Å². The summed E-state index contributed by atoms with van der Waals surface area (Å²) in [5.74, 6) is 0.0722. The first-order valence-corrected chi connectivity index (χ1v) is 5.77. The molecule has 0 saturated heterocycles. The Bertz CT molecular complexity index is 406. The minimum absolute atomic E-state index is 0.170. The van der Waals surface area contributed by atoms with E-state index < -0.39 is 5.41 Å². The highest BCUT2D eigenvalue weighted by molar-refractivity contribution is 7.14. The third-order valence-corrected chi connectivity index (χ3v) is 3.46. The van der Waals surface area contributed by atoms with Crippen molar-refractivity contribution in [3.05, 3.63) is 17.0 Å². The Morgan fingerprint density at radius 1 is 1.73 bits per heavy atom. The molecule has 1 N–H and O–H groups in total. The van der Waals surface area contributed by atoms with Crippen LogP contribution in [0.5, 0.6) is 0 Å². The van der Waals surface area contributed by atoms with E-state index in [-0.39, 0.29) is 11.8 Å². The summed E-state index contributed by atoms with van der Waals surface area (Å²) in [6.07, 6.45) is 0. The zero-order valence-corrected chi connectivity index (χ0v) is 10.1. The first-order chi connectivity index (χ1) is 7.01. The number of carbonyl (C=O) groups excluding carboxylic acids is 1. The van der Waals surface area contributed by atoms with Gasteiger partial charge in [-0.2, -0.15) is 5.26 Å². The SMILES string of the molecule is CC(C)(CCl)C(=O)Nc1sccc1C#N. The number of amides is 1. The lowest BCUT2D eigenvalue weighted by molar-refractivity contribution is -0.122. The molecule has 0 spiro atoms. The number of nitrogens with zero attached hydrogens (tertiary/aromatic N) is 1. The molecule has 1 rings (SSSR count). The van der Waals surface area contributed by atoms with Crippen LogP contribution in [0.25, 0.3) is 0 Å². The zero-order valence-electron chi connectivity index (χ0n) is 8.50. The molecule has 0 bridgehead atoms. The molecule has 1 aromatic heterocycles. The van der Waals surface area contributed by atoms with Crippen LogP contribution in [0.4, 0.5) is 5.00 Å². The summed E-state index contributed by atoms with van der Waals surface area (Å²) >= 11 is 7.01. The van der Waals surface area contributed by atoms with Gasteiger partial charge in [0.25, 0.3) is 0 Å².